The summed E-state index contributed by atoms with van der Waals surface area (Å²) < 4.78 is 35.8. The normalized spacial score (nSPS) is 28.6. The molecule has 2 aromatic heterocycles. The molecule has 0 amide bonds. The minimum atomic E-state index is -5.63. The highest BCUT2D eigenvalue weighted by atomic mass is 31.3. The first-order chi connectivity index (χ1) is 12.9. The molecule has 0 aromatic carbocycles. The lowest BCUT2D eigenvalue weighted by Crippen LogP contribution is -2.34. The largest absolute Gasteiger partial charge is 0.756 e. The summed E-state index contributed by atoms with van der Waals surface area (Å²) in [4.78, 5) is 51.9. The summed E-state index contributed by atoms with van der Waals surface area (Å²) in [5.41, 5.74) is 4.58. The van der Waals surface area contributed by atoms with Crippen LogP contribution in [0.25, 0.3) is 11.2 Å². The Morgan fingerprint density at radius 2 is 2.00 bits per heavy atom. The highest BCUT2D eigenvalue weighted by molar-refractivity contribution is 7.59. The monoisotopic (exact) mass is 457 g/mol. The smallest absolute Gasteiger partial charge is 0.280 e. The predicted molar refractivity (Wildman–Crippen MR) is 89.7 cm³/mol. The molecule has 1 aliphatic heterocycles. The molecule has 1 aliphatic rings. The lowest BCUT2D eigenvalue weighted by Gasteiger charge is -2.28. The van der Waals surface area contributed by atoms with E-state index < -0.39 is 52.4 Å². The van der Waals surface area contributed by atoms with Crippen LogP contribution in [0.15, 0.2) is 11.1 Å². The van der Waals surface area contributed by atoms with Crippen molar-refractivity contribution in [1.82, 2.24) is 19.5 Å². The summed E-state index contributed by atoms with van der Waals surface area (Å²) in [6, 6.07) is 0. The molecule has 0 aliphatic carbocycles. The van der Waals surface area contributed by atoms with Crippen LogP contribution in [0, 0.1) is 0 Å². The molecule has 1 fully saturated rings. The molecule has 3 rings (SSSR count). The van der Waals surface area contributed by atoms with Crippen LogP contribution >= 0.6 is 15.6 Å². The molecular formula is C11H17N5O11P2-2. The Hall–Kier alpha value is -1.71. The minimum Gasteiger partial charge on any atom is -0.756 e. The SMILES string of the molecule is C.Nc1nc2c(ncn2[C@@H]2O[C@H](COP(=O)([O-])OP(=O)([O-])O)C(O)[C@@H]2O)c(=O)[nH]1. The van der Waals surface area contributed by atoms with E-state index in [9.17, 15) is 33.9 Å². The molecule has 18 heteroatoms. The predicted octanol–water partition coefficient (Wildman–Crippen LogP) is -3.08. The van der Waals surface area contributed by atoms with Gasteiger partial charge in [0.05, 0.1) is 12.9 Å². The van der Waals surface area contributed by atoms with E-state index in [1.165, 1.54) is 0 Å². The summed E-state index contributed by atoms with van der Waals surface area (Å²) in [5.74, 6) is -0.248. The van der Waals surface area contributed by atoms with Crippen molar-refractivity contribution in [3.05, 3.63) is 16.7 Å². The fourth-order valence-corrected chi connectivity index (χ4v) is 4.07. The van der Waals surface area contributed by atoms with Crippen molar-refractivity contribution >= 4 is 32.8 Å². The first-order valence-corrected chi connectivity index (χ1v) is 10.3. The fourth-order valence-electron chi connectivity index (χ4n) is 2.54. The van der Waals surface area contributed by atoms with Gasteiger partial charge in [0.25, 0.3) is 21.2 Å². The van der Waals surface area contributed by atoms with Crippen molar-refractivity contribution in [2.45, 2.75) is 32.0 Å². The van der Waals surface area contributed by atoms with Crippen LogP contribution in [0.3, 0.4) is 0 Å². The lowest BCUT2D eigenvalue weighted by molar-refractivity contribution is -0.242. The lowest BCUT2D eigenvalue weighted by atomic mass is 10.1. The molecule has 0 radical (unpaired) electrons. The topological polar surface area (TPSA) is 258 Å². The molecule has 3 heterocycles. The van der Waals surface area contributed by atoms with Gasteiger partial charge in [-0.05, 0) is 0 Å². The zero-order valence-electron chi connectivity index (χ0n) is 13.5. The number of hydrogen-bond donors (Lipinski definition) is 5. The van der Waals surface area contributed by atoms with Gasteiger partial charge in [-0.3, -0.25) is 23.5 Å². The van der Waals surface area contributed by atoms with E-state index >= 15 is 0 Å². The van der Waals surface area contributed by atoms with E-state index in [-0.39, 0.29) is 24.5 Å². The molecule has 164 valence electrons. The Morgan fingerprint density at radius 1 is 1.34 bits per heavy atom. The quantitative estimate of drug-likeness (QED) is 0.270. The van der Waals surface area contributed by atoms with Gasteiger partial charge in [0.2, 0.25) is 5.95 Å². The second kappa shape index (κ2) is 8.20. The van der Waals surface area contributed by atoms with Crippen molar-refractivity contribution in [2.75, 3.05) is 12.3 Å². The Labute approximate surface area is 161 Å². The number of rotatable bonds is 6. The van der Waals surface area contributed by atoms with Crippen molar-refractivity contribution in [2.24, 2.45) is 0 Å². The van der Waals surface area contributed by atoms with Crippen molar-refractivity contribution in [3.8, 4) is 0 Å². The van der Waals surface area contributed by atoms with Gasteiger partial charge in [0, 0.05) is 0 Å². The van der Waals surface area contributed by atoms with E-state index in [1.54, 1.807) is 0 Å². The number of H-pyrrole nitrogens is 1. The summed E-state index contributed by atoms with van der Waals surface area (Å²) in [5, 5.41) is 20.2. The van der Waals surface area contributed by atoms with Gasteiger partial charge in [-0.1, -0.05) is 7.43 Å². The van der Waals surface area contributed by atoms with E-state index in [4.69, 9.17) is 15.4 Å². The van der Waals surface area contributed by atoms with Crippen molar-refractivity contribution in [3.63, 3.8) is 0 Å². The molecule has 6 N–H and O–H groups in total. The number of imidazole rings is 1. The second-order valence-electron chi connectivity index (χ2n) is 5.61. The molecule has 0 bridgehead atoms. The van der Waals surface area contributed by atoms with Crippen LogP contribution in [0.1, 0.15) is 13.7 Å². The van der Waals surface area contributed by atoms with E-state index in [0.29, 0.717) is 0 Å². The number of nitrogens with one attached hydrogen (secondary N) is 1. The van der Waals surface area contributed by atoms with Crippen molar-refractivity contribution < 1.29 is 47.6 Å². The van der Waals surface area contributed by atoms with Gasteiger partial charge in [-0.25, -0.2) is 9.29 Å². The zero-order chi connectivity index (χ0) is 20.9. The number of phosphoric ester groups is 1. The first kappa shape index (κ1) is 23.6. The van der Waals surface area contributed by atoms with Crippen LogP contribution in [0.4, 0.5) is 5.95 Å². The fraction of sp³-hybridized carbons (Fsp3) is 0.545. The number of ether oxygens (including phenoxy) is 1. The average molecular weight is 457 g/mol. The maximum Gasteiger partial charge on any atom is 0.280 e. The Balaban J connectivity index is 0.00000300. The molecule has 2 aromatic rings. The van der Waals surface area contributed by atoms with Crippen LogP contribution in [-0.4, -0.2) is 59.5 Å². The van der Waals surface area contributed by atoms with Crippen LogP contribution in [0.2, 0.25) is 0 Å². The molecule has 6 atom stereocenters. The number of nitrogens with two attached hydrogens (primary N) is 1. The van der Waals surface area contributed by atoms with E-state index in [0.717, 1.165) is 10.9 Å². The maximum absolute atomic E-state index is 11.8. The Kier molecular flexibility index (Phi) is 6.66. The number of phosphoric acid groups is 2. The van der Waals surface area contributed by atoms with Gasteiger partial charge in [-0.2, -0.15) is 4.98 Å². The number of nitrogens with zero attached hydrogens (tertiary/aromatic N) is 3. The second-order valence-corrected chi connectivity index (χ2v) is 8.36. The number of aromatic amines is 1. The van der Waals surface area contributed by atoms with Crippen molar-refractivity contribution in [1.29, 1.82) is 0 Å². The molecule has 29 heavy (non-hydrogen) atoms. The molecule has 0 saturated carbocycles. The first-order valence-electron chi connectivity index (χ1n) is 7.32. The van der Waals surface area contributed by atoms with Crippen LogP contribution in [-0.2, 0) is 22.7 Å². The summed E-state index contributed by atoms with van der Waals surface area (Å²) >= 11 is 0. The van der Waals surface area contributed by atoms with Gasteiger partial charge in [0.1, 0.15) is 18.3 Å². The maximum atomic E-state index is 11.8. The molecular weight excluding hydrogens is 440 g/mol. The standard InChI is InChI=1S/C10H15N5O11P2.CH4/c11-10-13-7-4(8(18)14-10)12-2-15(7)9-6(17)5(16)3(25-9)1-24-28(22,23)26-27(19,20)21;/h2-3,5-6,9,16-17H,1H2,(H,22,23)(H2,19,20,21)(H3,11,13,14,18);1H4/p-2/t3-,5?,6+,9-;/m1./s1. The Bertz CT molecular complexity index is 1030. The Morgan fingerprint density at radius 3 is 2.62 bits per heavy atom. The summed E-state index contributed by atoms with van der Waals surface area (Å²) in [6.07, 6.45) is -5.07. The molecule has 16 nitrogen and oxygen atoms in total. The third-order valence-corrected chi connectivity index (χ3v) is 5.75. The number of fused-ring (bicyclic) bond motifs is 1. The number of nitrogen functional groups attached to an aromatic ring is 1. The highest BCUT2D eigenvalue weighted by Gasteiger charge is 2.45. The molecule has 1 saturated heterocycles. The molecule has 0 spiro atoms. The minimum absolute atomic E-state index is 0. The van der Waals surface area contributed by atoms with Gasteiger partial charge in [0.15, 0.2) is 17.4 Å². The van der Waals surface area contributed by atoms with Gasteiger partial charge < -0.3 is 39.9 Å². The number of anilines is 1. The van der Waals surface area contributed by atoms with E-state index in [2.05, 4.69) is 23.8 Å². The van der Waals surface area contributed by atoms with Crippen LogP contribution in [0.5, 0.6) is 0 Å². The highest BCUT2D eigenvalue weighted by Crippen LogP contribution is 2.52. The van der Waals surface area contributed by atoms with E-state index in [1.807, 2.05) is 0 Å². The summed E-state index contributed by atoms with van der Waals surface area (Å²) in [6.45, 7) is -0.960. The third-order valence-electron chi connectivity index (χ3n) is 3.66. The van der Waals surface area contributed by atoms with Crippen LogP contribution < -0.4 is 21.1 Å². The number of aliphatic hydroxyl groups excluding tert-OH is 2. The molecule has 3 unspecified atom stereocenters. The third kappa shape index (κ3) is 5.07. The summed E-state index contributed by atoms with van der Waals surface area (Å²) in [7, 11) is -11.1. The number of aliphatic hydroxyl groups is 2. The van der Waals surface area contributed by atoms with Gasteiger partial charge >= 0.3 is 0 Å². The van der Waals surface area contributed by atoms with Gasteiger partial charge in [-0.15, -0.1) is 0 Å². The average Bonchev–Trinajstić information content (AvgIpc) is 3.06. The number of aromatic nitrogens is 4. The number of hydrogen-bond acceptors (Lipinski definition) is 13. The zero-order valence-corrected chi connectivity index (χ0v) is 15.3.